The summed E-state index contributed by atoms with van der Waals surface area (Å²) in [5.74, 6) is 1.84. The van der Waals surface area contributed by atoms with Crippen LogP contribution in [-0.4, -0.2) is 23.6 Å². The van der Waals surface area contributed by atoms with Gasteiger partial charge in [0.15, 0.2) is 0 Å². The Morgan fingerprint density at radius 1 is 1.08 bits per heavy atom. The van der Waals surface area contributed by atoms with E-state index in [2.05, 4.69) is 13.8 Å². The van der Waals surface area contributed by atoms with Crippen molar-refractivity contribution in [3.8, 4) is 0 Å². The summed E-state index contributed by atoms with van der Waals surface area (Å²) in [6.45, 7) is 6.02. The van der Waals surface area contributed by atoms with E-state index < -0.39 is 0 Å². The van der Waals surface area contributed by atoms with Crippen molar-refractivity contribution in [2.24, 2.45) is 34.5 Å². The first-order valence-corrected chi connectivity index (χ1v) is 9.94. The van der Waals surface area contributed by atoms with E-state index in [0.29, 0.717) is 55.0 Å². The van der Waals surface area contributed by atoms with Crippen LogP contribution in [0.4, 0.5) is 0 Å². The van der Waals surface area contributed by atoms with Crippen LogP contribution >= 0.6 is 0 Å². The Morgan fingerprint density at radius 2 is 1.84 bits per heavy atom. The zero-order valence-corrected chi connectivity index (χ0v) is 15.7. The normalized spacial score (nSPS) is 49.2. The maximum absolute atomic E-state index is 13.1. The average molecular weight is 346 g/mol. The quantitative estimate of drug-likeness (QED) is 0.679. The highest BCUT2D eigenvalue weighted by Gasteiger charge is 2.61. The van der Waals surface area contributed by atoms with Crippen LogP contribution in [0.15, 0.2) is 0 Å². The summed E-state index contributed by atoms with van der Waals surface area (Å²) in [5.41, 5.74) is 0.139. The van der Waals surface area contributed by atoms with Gasteiger partial charge < -0.3 is 4.74 Å². The first-order chi connectivity index (χ1) is 11.7. The molecular formula is C21H30O4. The lowest BCUT2D eigenvalue weighted by atomic mass is 9.45. The van der Waals surface area contributed by atoms with Crippen LogP contribution in [0.5, 0.6) is 0 Å². The highest BCUT2D eigenvalue weighted by atomic mass is 16.5. The molecule has 0 radical (unpaired) electrons. The number of fused-ring (bicyclic) bond motifs is 5. The number of carbonyl (C=O) groups excluding carboxylic acids is 3. The Morgan fingerprint density at radius 3 is 2.56 bits per heavy atom. The fourth-order valence-corrected chi connectivity index (χ4v) is 7.13. The predicted molar refractivity (Wildman–Crippen MR) is 92.7 cm³/mol. The SMILES string of the molecule is CC(=O)O[C@H]1CC[C@@]2(C)[C@@H]3CC[C@@]4(C)CC(=O)C[C@@H]4[C@H]3CC(=O)[C@@H]2C1. The monoisotopic (exact) mass is 346 g/mol. The van der Waals surface area contributed by atoms with Gasteiger partial charge in [-0.3, -0.25) is 14.4 Å². The minimum absolute atomic E-state index is 0.0175. The molecule has 0 unspecified atom stereocenters. The molecule has 0 saturated heterocycles. The van der Waals surface area contributed by atoms with Gasteiger partial charge in [0.25, 0.3) is 0 Å². The summed E-state index contributed by atoms with van der Waals surface area (Å²) in [7, 11) is 0. The second kappa shape index (κ2) is 5.65. The molecule has 4 heteroatoms. The fraction of sp³-hybridized carbons (Fsp3) is 0.857. The van der Waals surface area contributed by atoms with Crippen molar-refractivity contribution in [3.63, 3.8) is 0 Å². The van der Waals surface area contributed by atoms with Gasteiger partial charge in [0.1, 0.15) is 17.7 Å². The summed E-state index contributed by atoms with van der Waals surface area (Å²) in [6, 6.07) is 0. The van der Waals surface area contributed by atoms with Gasteiger partial charge in [-0.15, -0.1) is 0 Å². The van der Waals surface area contributed by atoms with E-state index in [4.69, 9.17) is 4.74 Å². The van der Waals surface area contributed by atoms with Crippen molar-refractivity contribution in [3.05, 3.63) is 0 Å². The van der Waals surface area contributed by atoms with Gasteiger partial charge in [0, 0.05) is 32.1 Å². The molecule has 4 nitrogen and oxygen atoms in total. The Balaban J connectivity index is 1.60. The number of carbonyl (C=O) groups is 3. The molecule has 0 N–H and O–H groups in total. The van der Waals surface area contributed by atoms with Crippen molar-refractivity contribution >= 4 is 17.5 Å². The second-order valence-corrected chi connectivity index (χ2v) is 9.72. The number of ketones is 2. The number of ether oxygens (including phenoxy) is 1. The molecule has 0 spiro atoms. The number of esters is 1. The first-order valence-electron chi connectivity index (χ1n) is 9.94. The summed E-state index contributed by atoms with van der Waals surface area (Å²) < 4.78 is 5.43. The smallest absolute Gasteiger partial charge is 0.302 e. The van der Waals surface area contributed by atoms with Crippen LogP contribution in [0.3, 0.4) is 0 Å². The Kier molecular flexibility index (Phi) is 3.90. The maximum atomic E-state index is 13.1. The number of hydrogen-bond donors (Lipinski definition) is 0. The van der Waals surface area contributed by atoms with E-state index in [0.717, 1.165) is 25.7 Å². The van der Waals surface area contributed by atoms with Gasteiger partial charge in [-0.2, -0.15) is 0 Å². The Bertz CT molecular complexity index is 625. The third-order valence-corrected chi connectivity index (χ3v) is 8.31. The van der Waals surface area contributed by atoms with Gasteiger partial charge >= 0.3 is 5.97 Å². The van der Waals surface area contributed by atoms with Crippen LogP contribution < -0.4 is 0 Å². The largest absolute Gasteiger partial charge is 0.463 e. The van der Waals surface area contributed by atoms with Gasteiger partial charge in [-0.25, -0.2) is 0 Å². The predicted octanol–water partition coefficient (Wildman–Crippen LogP) is 3.71. The molecule has 4 fully saturated rings. The number of hydrogen-bond acceptors (Lipinski definition) is 4. The molecule has 7 atom stereocenters. The van der Waals surface area contributed by atoms with E-state index in [1.807, 2.05) is 0 Å². The minimum Gasteiger partial charge on any atom is -0.463 e. The molecule has 0 heterocycles. The van der Waals surface area contributed by atoms with Crippen molar-refractivity contribution in [2.45, 2.75) is 78.2 Å². The van der Waals surface area contributed by atoms with E-state index in [1.54, 1.807) is 0 Å². The van der Waals surface area contributed by atoms with E-state index >= 15 is 0 Å². The molecule has 4 rings (SSSR count). The summed E-state index contributed by atoms with van der Waals surface area (Å²) in [4.78, 5) is 36.5. The van der Waals surface area contributed by atoms with Gasteiger partial charge in [0.2, 0.25) is 0 Å². The molecule has 0 aromatic heterocycles. The molecule has 0 aliphatic heterocycles. The summed E-state index contributed by atoms with van der Waals surface area (Å²) in [5, 5.41) is 0. The van der Waals surface area contributed by atoms with Crippen LogP contribution in [0.1, 0.15) is 72.1 Å². The average Bonchev–Trinajstić information content (AvgIpc) is 2.83. The zero-order chi connectivity index (χ0) is 18.0. The molecule has 4 aliphatic rings. The van der Waals surface area contributed by atoms with Gasteiger partial charge in [-0.1, -0.05) is 13.8 Å². The van der Waals surface area contributed by atoms with E-state index in [9.17, 15) is 14.4 Å². The second-order valence-electron chi connectivity index (χ2n) is 9.72. The van der Waals surface area contributed by atoms with Crippen LogP contribution in [0.2, 0.25) is 0 Å². The topological polar surface area (TPSA) is 60.4 Å². The van der Waals surface area contributed by atoms with Crippen LogP contribution in [0, 0.1) is 34.5 Å². The standard InChI is InChI=1S/C21H30O4/c1-12(22)25-14-4-7-21(3)16-5-6-20(2)11-13(23)8-17(20)15(16)10-19(24)18(21)9-14/h14-18H,4-11H2,1-3H3/t14-,15-,16+,17+,18-,20-,21-/m0/s1. The molecule has 4 aliphatic carbocycles. The highest BCUT2D eigenvalue weighted by molar-refractivity contribution is 5.85. The number of Topliss-reactive ketones (excluding diaryl/α,β-unsaturated/α-hetero) is 2. The van der Waals surface area contributed by atoms with Crippen molar-refractivity contribution in [2.75, 3.05) is 0 Å². The first kappa shape index (κ1) is 17.2. The van der Waals surface area contributed by atoms with Gasteiger partial charge in [-0.05, 0) is 60.7 Å². The summed E-state index contributed by atoms with van der Waals surface area (Å²) >= 11 is 0. The molecule has 0 amide bonds. The fourth-order valence-electron chi connectivity index (χ4n) is 7.13. The van der Waals surface area contributed by atoms with Crippen molar-refractivity contribution in [1.29, 1.82) is 0 Å². The molecule has 0 aromatic rings. The highest BCUT2D eigenvalue weighted by Crippen LogP contribution is 2.65. The molecule has 138 valence electrons. The van der Waals surface area contributed by atoms with E-state index in [-0.39, 0.29) is 28.8 Å². The Hall–Kier alpha value is -1.19. The lowest BCUT2D eigenvalue weighted by Gasteiger charge is -2.59. The van der Waals surface area contributed by atoms with Crippen LogP contribution in [-0.2, 0) is 19.1 Å². The molecule has 0 bridgehead atoms. The number of rotatable bonds is 1. The zero-order valence-electron chi connectivity index (χ0n) is 15.7. The summed E-state index contributed by atoms with van der Waals surface area (Å²) in [6.07, 6.45) is 6.70. The Labute approximate surface area is 150 Å². The van der Waals surface area contributed by atoms with Crippen molar-refractivity contribution in [1.82, 2.24) is 0 Å². The molecule has 0 aromatic carbocycles. The third-order valence-electron chi connectivity index (χ3n) is 8.31. The third kappa shape index (κ3) is 2.59. The molecular weight excluding hydrogens is 316 g/mol. The molecule has 4 saturated carbocycles. The maximum Gasteiger partial charge on any atom is 0.302 e. The van der Waals surface area contributed by atoms with E-state index in [1.165, 1.54) is 6.92 Å². The van der Waals surface area contributed by atoms with Crippen molar-refractivity contribution < 1.29 is 19.1 Å². The van der Waals surface area contributed by atoms with Gasteiger partial charge in [0.05, 0.1) is 0 Å². The lowest BCUT2D eigenvalue weighted by Crippen LogP contribution is -2.56. The lowest BCUT2D eigenvalue weighted by molar-refractivity contribution is -0.167. The minimum atomic E-state index is -0.243. The van der Waals surface area contributed by atoms with Crippen LogP contribution in [0.25, 0.3) is 0 Å². The molecule has 25 heavy (non-hydrogen) atoms.